The van der Waals surface area contributed by atoms with Crippen molar-refractivity contribution in [2.24, 2.45) is 0 Å². The summed E-state index contributed by atoms with van der Waals surface area (Å²) in [5, 5.41) is 6.54. The lowest BCUT2D eigenvalue weighted by Crippen LogP contribution is -2.50. The fourth-order valence-corrected chi connectivity index (χ4v) is 2.77. The van der Waals surface area contributed by atoms with Gasteiger partial charge in [0.1, 0.15) is 0 Å². The molecule has 0 amide bonds. The zero-order chi connectivity index (χ0) is 12.1. The lowest BCUT2D eigenvalue weighted by Gasteiger charge is -2.26. The van der Waals surface area contributed by atoms with E-state index >= 15 is 0 Å². The van der Waals surface area contributed by atoms with Crippen molar-refractivity contribution >= 4 is 10.2 Å². The lowest BCUT2D eigenvalue weighted by atomic mass is 10.4. The first-order chi connectivity index (χ1) is 8.18. The molecule has 17 heavy (non-hydrogen) atoms. The molecule has 1 aromatic rings. The summed E-state index contributed by atoms with van der Waals surface area (Å²) in [6, 6.07) is 0. The summed E-state index contributed by atoms with van der Waals surface area (Å²) in [7, 11) is -3.38. The first-order valence-electron chi connectivity index (χ1n) is 5.39. The van der Waals surface area contributed by atoms with Crippen LogP contribution in [0.3, 0.4) is 0 Å². The summed E-state index contributed by atoms with van der Waals surface area (Å²) in [4.78, 5) is 3.81. The third kappa shape index (κ3) is 3.46. The molecule has 0 atom stereocenters. The van der Waals surface area contributed by atoms with Gasteiger partial charge in [0.15, 0.2) is 6.33 Å². The first-order valence-corrected chi connectivity index (χ1v) is 6.83. The molecule has 9 heteroatoms. The van der Waals surface area contributed by atoms with Crippen LogP contribution in [0.1, 0.15) is 5.89 Å². The maximum Gasteiger partial charge on any atom is 0.279 e. The van der Waals surface area contributed by atoms with E-state index < -0.39 is 10.2 Å². The van der Waals surface area contributed by atoms with Gasteiger partial charge < -0.3 is 9.84 Å². The maximum atomic E-state index is 11.8. The molecule has 0 aromatic carbocycles. The van der Waals surface area contributed by atoms with Crippen molar-refractivity contribution in [2.75, 3.05) is 32.7 Å². The predicted molar refractivity (Wildman–Crippen MR) is 59.4 cm³/mol. The fourth-order valence-electron chi connectivity index (χ4n) is 1.57. The van der Waals surface area contributed by atoms with E-state index in [2.05, 4.69) is 20.2 Å². The van der Waals surface area contributed by atoms with Crippen LogP contribution in [0.2, 0.25) is 0 Å². The SMILES string of the molecule is O=S(=O)(NCCc1ncno1)N1CCNCC1. The second kappa shape index (κ2) is 5.54. The maximum absolute atomic E-state index is 11.8. The zero-order valence-electron chi connectivity index (χ0n) is 9.29. The third-order valence-corrected chi connectivity index (χ3v) is 4.06. The van der Waals surface area contributed by atoms with E-state index in [0.29, 0.717) is 38.5 Å². The van der Waals surface area contributed by atoms with Gasteiger partial charge in [-0.05, 0) is 0 Å². The topological polar surface area (TPSA) is 100 Å². The molecule has 0 radical (unpaired) electrons. The van der Waals surface area contributed by atoms with E-state index in [1.54, 1.807) is 0 Å². The highest BCUT2D eigenvalue weighted by molar-refractivity contribution is 7.87. The molecule has 0 bridgehead atoms. The number of nitrogens with zero attached hydrogens (tertiary/aromatic N) is 3. The Balaban J connectivity index is 1.80. The van der Waals surface area contributed by atoms with Gasteiger partial charge in [-0.15, -0.1) is 0 Å². The number of nitrogens with one attached hydrogen (secondary N) is 2. The van der Waals surface area contributed by atoms with Crippen LogP contribution < -0.4 is 10.0 Å². The van der Waals surface area contributed by atoms with Gasteiger partial charge in [-0.2, -0.15) is 17.7 Å². The Kier molecular flexibility index (Phi) is 4.05. The Bertz CT molecular complexity index is 426. The van der Waals surface area contributed by atoms with Crippen LogP contribution in [0.4, 0.5) is 0 Å². The summed E-state index contributed by atoms with van der Waals surface area (Å²) in [6.45, 7) is 2.62. The third-order valence-electron chi connectivity index (χ3n) is 2.45. The highest BCUT2D eigenvalue weighted by Gasteiger charge is 2.22. The van der Waals surface area contributed by atoms with Crippen molar-refractivity contribution in [3.8, 4) is 0 Å². The van der Waals surface area contributed by atoms with Crippen molar-refractivity contribution in [1.29, 1.82) is 0 Å². The Morgan fingerprint density at radius 2 is 2.24 bits per heavy atom. The first kappa shape index (κ1) is 12.4. The van der Waals surface area contributed by atoms with E-state index in [1.807, 2.05) is 0 Å². The number of aromatic nitrogens is 2. The number of rotatable bonds is 5. The Labute approximate surface area is 99.6 Å². The van der Waals surface area contributed by atoms with E-state index in [4.69, 9.17) is 4.52 Å². The van der Waals surface area contributed by atoms with Crippen LogP contribution in [-0.4, -0.2) is 55.6 Å². The molecule has 1 aliphatic heterocycles. The molecular formula is C8H15N5O3S. The van der Waals surface area contributed by atoms with Gasteiger partial charge >= 0.3 is 0 Å². The van der Waals surface area contributed by atoms with Gasteiger partial charge in [0.25, 0.3) is 10.2 Å². The number of hydrogen-bond donors (Lipinski definition) is 2. The fraction of sp³-hybridized carbons (Fsp3) is 0.750. The quantitative estimate of drug-likeness (QED) is 0.659. The highest BCUT2D eigenvalue weighted by Crippen LogP contribution is 2.00. The van der Waals surface area contributed by atoms with Crippen LogP contribution in [0.5, 0.6) is 0 Å². The molecule has 0 unspecified atom stereocenters. The standard InChI is InChI=1S/C8H15N5O3S/c14-17(15,13-5-3-9-4-6-13)12-2-1-8-10-7-11-16-8/h7,9,12H,1-6H2. The molecule has 0 aliphatic carbocycles. The summed E-state index contributed by atoms with van der Waals surface area (Å²) in [6.07, 6.45) is 1.69. The van der Waals surface area contributed by atoms with Crippen LogP contribution >= 0.6 is 0 Å². The molecule has 0 saturated carbocycles. The summed E-state index contributed by atoms with van der Waals surface area (Å²) in [5.74, 6) is 0.424. The normalized spacial score (nSPS) is 18.4. The monoisotopic (exact) mass is 261 g/mol. The molecule has 96 valence electrons. The predicted octanol–water partition coefficient (Wildman–Crippen LogP) is -1.65. The van der Waals surface area contributed by atoms with E-state index in [9.17, 15) is 8.42 Å². The van der Waals surface area contributed by atoms with E-state index in [1.165, 1.54) is 10.6 Å². The Morgan fingerprint density at radius 1 is 1.47 bits per heavy atom. The van der Waals surface area contributed by atoms with Crippen molar-refractivity contribution < 1.29 is 12.9 Å². The second-order valence-corrected chi connectivity index (χ2v) is 5.39. The summed E-state index contributed by atoms with van der Waals surface area (Å²) >= 11 is 0. The van der Waals surface area contributed by atoms with Gasteiger partial charge in [0.2, 0.25) is 5.89 Å². The van der Waals surface area contributed by atoms with Crippen LogP contribution in [0.15, 0.2) is 10.9 Å². The number of piperazine rings is 1. The second-order valence-electron chi connectivity index (χ2n) is 3.63. The smallest absolute Gasteiger partial charge is 0.279 e. The van der Waals surface area contributed by atoms with Crippen molar-refractivity contribution in [1.82, 2.24) is 24.5 Å². The lowest BCUT2D eigenvalue weighted by molar-refractivity contribution is 0.352. The van der Waals surface area contributed by atoms with Gasteiger partial charge in [-0.25, -0.2) is 4.72 Å². The van der Waals surface area contributed by atoms with E-state index in [-0.39, 0.29) is 6.54 Å². The van der Waals surface area contributed by atoms with Crippen molar-refractivity contribution in [3.63, 3.8) is 0 Å². The molecule has 1 aliphatic rings. The van der Waals surface area contributed by atoms with Gasteiger partial charge in [-0.3, -0.25) is 0 Å². The minimum absolute atomic E-state index is 0.258. The molecular weight excluding hydrogens is 246 g/mol. The largest absolute Gasteiger partial charge is 0.340 e. The minimum Gasteiger partial charge on any atom is -0.340 e. The molecule has 1 fully saturated rings. The molecule has 1 saturated heterocycles. The summed E-state index contributed by atoms with van der Waals surface area (Å²) in [5.41, 5.74) is 0. The summed E-state index contributed by atoms with van der Waals surface area (Å²) < 4.78 is 32.4. The molecule has 2 heterocycles. The average molecular weight is 261 g/mol. The van der Waals surface area contributed by atoms with Gasteiger partial charge in [0.05, 0.1) is 0 Å². The molecule has 2 rings (SSSR count). The van der Waals surface area contributed by atoms with E-state index in [0.717, 1.165) is 0 Å². The number of hydrogen-bond acceptors (Lipinski definition) is 6. The molecule has 0 spiro atoms. The van der Waals surface area contributed by atoms with Crippen LogP contribution in [0.25, 0.3) is 0 Å². The van der Waals surface area contributed by atoms with Crippen LogP contribution in [0, 0.1) is 0 Å². The Hall–Kier alpha value is -1.03. The van der Waals surface area contributed by atoms with Crippen molar-refractivity contribution in [3.05, 3.63) is 12.2 Å². The molecule has 2 N–H and O–H groups in total. The van der Waals surface area contributed by atoms with Crippen LogP contribution in [-0.2, 0) is 16.6 Å². The Morgan fingerprint density at radius 3 is 2.88 bits per heavy atom. The minimum atomic E-state index is -3.38. The van der Waals surface area contributed by atoms with Gasteiger partial charge in [-0.1, -0.05) is 5.16 Å². The molecule has 8 nitrogen and oxygen atoms in total. The zero-order valence-corrected chi connectivity index (χ0v) is 10.1. The molecule has 1 aromatic heterocycles. The van der Waals surface area contributed by atoms with Crippen molar-refractivity contribution in [2.45, 2.75) is 6.42 Å². The van der Waals surface area contributed by atoms with Gasteiger partial charge in [0, 0.05) is 39.1 Å². The average Bonchev–Trinajstić information content (AvgIpc) is 2.83. The highest BCUT2D eigenvalue weighted by atomic mass is 32.2.